The van der Waals surface area contributed by atoms with E-state index in [0.717, 1.165) is 30.3 Å². The molecule has 31 nitrogen and oxygen atoms in total. The van der Waals surface area contributed by atoms with Crippen molar-refractivity contribution >= 4 is 0 Å². The number of aromatic hydroxyl groups is 21. The number of fused-ring (bicyclic) bond motifs is 5. The molecule has 0 radical (unpaired) electrons. The molecule has 0 fully saturated rings. The Morgan fingerprint density at radius 3 is 0.877 bits per heavy atom. The number of benzene rings is 10. The Labute approximate surface area is 597 Å². The van der Waals surface area contributed by atoms with Gasteiger partial charge in [-0.15, -0.1) is 0 Å². The van der Waals surface area contributed by atoms with E-state index < -0.39 is 124 Å². The Balaban J connectivity index is 0.000000141. The van der Waals surface area contributed by atoms with Crippen molar-refractivity contribution in [3.8, 4) is 149 Å². The Morgan fingerprint density at radius 2 is 0.509 bits per heavy atom. The quantitative estimate of drug-likeness (QED) is 0.0724. The lowest BCUT2D eigenvalue weighted by Crippen LogP contribution is -2.36. The fourth-order valence-corrected chi connectivity index (χ4v) is 13.2. The second-order valence-corrected chi connectivity index (χ2v) is 25.5. The Morgan fingerprint density at radius 1 is 0.226 bits per heavy atom. The average Bonchev–Trinajstić information content (AvgIpc) is 0.727. The number of phenols is 21. The van der Waals surface area contributed by atoms with Crippen LogP contribution in [0.4, 0.5) is 0 Å². The van der Waals surface area contributed by atoms with Crippen molar-refractivity contribution in [2.45, 2.75) is 92.6 Å². The van der Waals surface area contributed by atoms with Crippen LogP contribution in [0.3, 0.4) is 0 Å². The molecular weight excluding hydrogens is 1400 g/mol. The predicted octanol–water partition coefficient (Wildman–Crippen LogP) is 7.34. The molecule has 0 spiro atoms. The van der Waals surface area contributed by atoms with Crippen LogP contribution in [-0.2, 0) is 25.7 Å². The first-order valence-electron chi connectivity index (χ1n) is 32.1. The molecule has 10 aromatic carbocycles. The number of ether oxygens (including phenoxy) is 5. The second kappa shape index (κ2) is 28.6. The number of aliphatic hydroxyl groups is 5. The molecule has 31 heteroatoms. The van der Waals surface area contributed by atoms with Gasteiger partial charge in [0, 0.05) is 119 Å². The van der Waals surface area contributed by atoms with E-state index in [1.165, 1.54) is 109 Å². The van der Waals surface area contributed by atoms with Gasteiger partial charge in [0.05, 0.1) is 30.3 Å². The molecule has 0 aromatic heterocycles. The summed E-state index contributed by atoms with van der Waals surface area (Å²) in [7, 11) is 0. The number of hydrogen-bond acceptors (Lipinski definition) is 31. The van der Waals surface area contributed by atoms with Crippen LogP contribution in [0.5, 0.6) is 149 Å². The molecule has 5 aliphatic rings. The Bertz CT molecular complexity index is 4900. The van der Waals surface area contributed by atoms with Gasteiger partial charge in [-0.3, -0.25) is 0 Å². The van der Waals surface area contributed by atoms with Gasteiger partial charge in [0.1, 0.15) is 111 Å². The zero-order valence-electron chi connectivity index (χ0n) is 54.6. The molecule has 26 N–H and O–H groups in total. The molecule has 0 bridgehead atoms. The molecule has 106 heavy (non-hydrogen) atoms. The summed E-state index contributed by atoms with van der Waals surface area (Å²) in [5.41, 5.74) is 2.82. The molecule has 5 aliphatic heterocycles. The minimum Gasteiger partial charge on any atom is -0.508 e. The van der Waals surface area contributed by atoms with Gasteiger partial charge < -0.3 is 156 Å². The van der Waals surface area contributed by atoms with Gasteiger partial charge in [0.25, 0.3) is 0 Å². The summed E-state index contributed by atoms with van der Waals surface area (Å²) in [5.74, 6) is -8.20. The van der Waals surface area contributed by atoms with Gasteiger partial charge in [-0.25, -0.2) is 0 Å². The van der Waals surface area contributed by atoms with Crippen LogP contribution in [0.25, 0.3) is 0 Å². The normalized spacial score (nSPS) is 21.4. The van der Waals surface area contributed by atoms with Gasteiger partial charge >= 0.3 is 0 Å². The number of phenolic OH excluding ortho intramolecular Hbond substituents is 21. The molecular formula is C75H68O31. The third-order valence-corrected chi connectivity index (χ3v) is 18.3. The minimum atomic E-state index is -1.59. The Kier molecular flexibility index (Phi) is 19.6. The number of rotatable bonds is 6. The van der Waals surface area contributed by atoms with Crippen LogP contribution >= 0.6 is 0 Å². The van der Waals surface area contributed by atoms with Crippen molar-refractivity contribution in [2.24, 2.45) is 0 Å². The van der Waals surface area contributed by atoms with E-state index in [1.54, 1.807) is 0 Å². The number of aliphatic hydroxyl groups excluding tert-OH is 5. The first-order chi connectivity index (χ1) is 50.2. The van der Waals surface area contributed by atoms with Crippen LogP contribution in [0.15, 0.2) is 140 Å². The highest BCUT2D eigenvalue weighted by Crippen LogP contribution is 2.58. The van der Waals surface area contributed by atoms with Gasteiger partial charge in [0.15, 0.2) is 75.5 Å². The molecule has 5 heterocycles. The van der Waals surface area contributed by atoms with Crippen LogP contribution < -0.4 is 23.7 Å². The first kappa shape index (κ1) is 72.6. The molecule has 11 atom stereocenters. The van der Waals surface area contributed by atoms with Crippen molar-refractivity contribution in [1.29, 1.82) is 0 Å². The maximum atomic E-state index is 11.8. The zero-order valence-corrected chi connectivity index (χ0v) is 54.6. The summed E-state index contributed by atoms with van der Waals surface area (Å²) in [6.07, 6.45) is -10.5. The standard InChI is InChI=1S/C30H26O12.C15H14O7.2C15H14O6/c31-13-7-20(37)24-23(8-13)41-29(12-2-4-16(33)19(36)6-12)27(40)26(24)25-21(38)10-17(34)14-9-22(39)28(42-30(14)25)11-1-3-15(32)18(35)5-11;16-7-3-9(17)8-5-12(20)15(22-13(8)4-7)6-1-10(18)14(21)11(19)2-6;2*16-8-4-11(18)9-6-13(20)15(21-14(9)5-8)7-1-2-10(17)12(19)3-7/h1-8,10,22,26-29,31-40H,9H2;1-4,12,15-21H,5H2;2*1-5,13,15-20H,6H2/t22-,26-,27-,28-,29-;12-,15+;13-,15+;13-,15-/m1001/s1. The highest BCUT2D eigenvalue weighted by molar-refractivity contribution is 5.67. The first-order valence-corrected chi connectivity index (χ1v) is 32.1. The topological polar surface area (TPSA) is 572 Å². The van der Waals surface area contributed by atoms with Crippen molar-refractivity contribution in [3.05, 3.63) is 201 Å². The molecule has 554 valence electrons. The monoisotopic (exact) mass is 1460 g/mol. The zero-order chi connectivity index (χ0) is 76.3. The average molecular weight is 1470 g/mol. The lowest BCUT2D eigenvalue weighted by Gasteiger charge is -2.40. The second-order valence-electron chi connectivity index (χ2n) is 25.5. The minimum absolute atomic E-state index is 0.0312. The van der Waals surface area contributed by atoms with Crippen molar-refractivity contribution in [1.82, 2.24) is 0 Å². The van der Waals surface area contributed by atoms with Gasteiger partial charge in [-0.05, 0) is 82.9 Å². The van der Waals surface area contributed by atoms with E-state index in [-0.39, 0.29) is 151 Å². The molecule has 10 aromatic rings. The van der Waals surface area contributed by atoms with E-state index in [9.17, 15) is 133 Å². The summed E-state index contributed by atoms with van der Waals surface area (Å²) >= 11 is 0. The van der Waals surface area contributed by atoms with Crippen LogP contribution in [0.2, 0.25) is 0 Å². The van der Waals surface area contributed by atoms with Crippen molar-refractivity contribution in [2.75, 3.05) is 0 Å². The molecule has 0 unspecified atom stereocenters. The summed E-state index contributed by atoms with van der Waals surface area (Å²) in [5, 5.41) is 260. The van der Waals surface area contributed by atoms with E-state index in [1.807, 2.05) is 0 Å². The third kappa shape index (κ3) is 14.2. The van der Waals surface area contributed by atoms with E-state index >= 15 is 0 Å². The van der Waals surface area contributed by atoms with E-state index in [0.29, 0.717) is 27.8 Å². The summed E-state index contributed by atoms with van der Waals surface area (Å²) < 4.78 is 28.9. The van der Waals surface area contributed by atoms with Crippen LogP contribution in [0.1, 0.15) is 97.6 Å². The smallest absolute Gasteiger partial charge is 0.200 e. The molecule has 0 saturated carbocycles. The fraction of sp³-hybridized carbons (Fsp3) is 0.200. The van der Waals surface area contributed by atoms with Gasteiger partial charge in [-0.2, -0.15) is 0 Å². The highest BCUT2D eigenvalue weighted by atomic mass is 16.5. The van der Waals surface area contributed by atoms with Gasteiger partial charge in [0.2, 0.25) is 0 Å². The maximum Gasteiger partial charge on any atom is 0.200 e. The molecule has 0 amide bonds. The third-order valence-electron chi connectivity index (χ3n) is 18.3. The lowest BCUT2D eigenvalue weighted by molar-refractivity contribution is 0.00115. The van der Waals surface area contributed by atoms with Crippen LogP contribution in [-0.4, -0.2) is 163 Å². The SMILES string of the molecule is Oc1cc(O)c2c(c1)O[C@H](c1cc(O)c(O)c(O)c1)[C@@H](O)C2.Oc1cc(O)c2c(c1)O[C@H](c1ccc(O)c(O)c1)[C@@H](O)C2.Oc1cc(O)c2c(c1)O[C@H](c1ccc(O)c(O)c1)[C@H](O)C2.Oc1cc(O)c2c(c1)O[C@H](c1ccc(O)c(O)c1)[C@H](O)[C@H]2c1c(O)cc(O)c2c1O[C@H](c1ccc(O)c(O)c1)[C@H](O)C2. The molecule has 0 aliphatic carbocycles. The van der Waals surface area contributed by atoms with Gasteiger partial charge in [-0.1, -0.05) is 24.3 Å². The summed E-state index contributed by atoms with van der Waals surface area (Å²) in [6, 6.07) is 28.9. The number of hydrogen-bond donors (Lipinski definition) is 26. The highest BCUT2D eigenvalue weighted by Gasteiger charge is 2.47. The van der Waals surface area contributed by atoms with Crippen molar-refractivity contribution < 1.29 is 156 Å². The molecule has 15 rings (SSSR count). The Hall–Kier alpha value is -13.2. The lowest BCUT2D eigenvalue weighted by atomic mass is 9.77. The van der Waals surface area contributed by atoms with Crippen molar-refractivity contribution in [3.63, 3.8) is 0 Å². The predicted molar refractivity (Wildman–Crippen MR) is 363 cm³/mol. The summed E-state index contributed by atoms with van der Waals surface area (Å²) in [4.78, 5) is 0. The summed E-state index contributed by atoms with van der Waals surface area (Å²) in [6.45, 7) is 0. The largest absolute Gasteiger partial charge is 0.508 e. The van der Waals surface area contributed by atoms with E-state index in [2.05, 4.69) is 0 Å². The van der Waals surface area contributed by atoms with Crippen LogP contribution in [0, 0.1) is 0 Å². The molecule has 0 saturated heterocycles. The fourth-order valence-electron chi connectivity index (χ4n) is 13.2. The maximum absolute atomic E-state index is 11.8. The van der Waals surface area contributed by atoms with E-state index in [4.69, 9.17) is 23.7 Å².